The quantitative estimate of drug-likeness (QED) is 0.637. The number of sulfonamides is 1. The van der Waals surface area contributed by atoms with Gasteiger partial charge >= 0.3 is 11.9 Å². The number of carbonyl (C=O) groups is 2. The van der Waals surface area contributed by atoms with Crippen molar-refractivity contribution in [2.75, 3.05) is 0 Å². The van der Waals surface area contributed by atoms with E-state index >= 15 is 0 Å². The van der Waals surface area contributed by atoms with Crippen LogP contribution in [-0.2, 0) is 25.4 Å². The molecule has 0 spiro atoms. The number of nitrogens with zero attached hydrogens (tertiary/aromatic N) is 1. The van der Waals surface area contributed by atoms with Crippen molar-refractivity contribution in [3.8, 4) is 6.07 Å². The highest BCUT2D eigenvalue weighted by molar-refractivity contribution is 7.88. The van der Waals surface area contributed by atoms with E-state index in [1.807, 2.05) is 10.8 Å². The van der Waals surface area contributed by atoms with Crippen molar-refractivity contribution in [1.29, 1.82) is 5.26 Å². The minimum Gasteiger partial charge on any atom is -0.481 e. The van der Waals surface area contributed by atoms with Crippen LogP contribution in [0.25, 0.3) is 0 Å². The number of nitrogens with one attached hydrogen (secondary N) is 1. The molecule has 8 nitrogen and oxygen atoms in total. The molecule has 1 atom stereocenters. The number of carboxylic acids is 2. The fourth-order valence-corrected chi connectivity index (χ4v) is 2.88. The van der Waals surface area contributed by atoms with E-state index in [0.717, 1.165) is 0 Å². The van der Waals surface area contributed by atoms with Gasteiger partial charge in [-0.3, -0.25) is 9.59 Å². The third-order valence-corrected chi connectivity index (χ3v) is 3.77. The second kappa shape index (κ2) is 6.83. The number of hydrogen-bond acceptors (Lipinski definition) is 5. The average Bonchev–Trinajstić information content (AvgIpc) is 2.36. The Bertz CT molecular complexity index is 692. The summed E-state index contributed by atoms with van der Waals surface area (Å²) in [6, 6.07) is 5.92. The molecule has 0 aliphatic rings. The maximum atomic E-state index is 11.8. The van der Waals surface area contributed by atoms with Gasteiger partial charge in [-0.15, -0.1) is 0 Å². The van der Waals surface area contributed by atoms with Crippen LogP contribution in [0.15, 0.2) is 24.3 Å². The Hall–Kier alpha value is -2.44. The van der Waals surface area contributed by atoms with Gasteiger partial charge in [0.25, 0.3) is 0 Å². The van der Waals surface area contributed by atoms with E-state index in [2.05, 4.69) is 0 Å². The van der Waals surface area contributed by atoms with Crippen molar-refractivity contribution in [3.63, 3.8) is 0 Å². The van der Waals surface area contributed by atoms with Crippen LogP contribution in [-0.4, -0.2) is 36.6 Å². The molecule has 0 radical (unpaired) electrons. The van der Waals surface area contributed by atoms with Crippen molar-refractivity contribution >= 4 is 22.0 Å². The van der Waals surface area contributed by atoms with Crippen molar-refractivity contribution in [3.05, 3.63) is 35.4 Å². The predicted octanol–water partition coefficient (Wildman–Crippen LogP) is -0.0944. The molecule has 1 aromatic rings. The summed E-state index contributed by atoms with van der Waals surface area (Å²) in [7, 11) is -4.05. The van der Waals surface area contributed by atoms with Gasteiger partial charge in [0.05, 0.1) is 23.8 Å². The van der Waals surface area contributed by atoms with E-state index in [1.165, 1.54) is 24.3 Å². The number of nitriles is 1. The van der Waals surface area contributed by atoms with Crippen LogP contribution in [0.4, 0.5) is 0 Å². The Morgan fingerprint density at radius 2 is 2.00 bits per heavy atom. The first-order chi connectivity index (χ1) is 9.73. The maximum absolute atomic E-state index is 11.8. The number of carboxylic acid groups (broad SMARTS) is 2. The van der Waals surface area contributed by atoms with Gasteiger partial charge in [-0.25, -0.2) is 13.1 Å². The summed E-state index contributed by atoms with van der Waals surface area (Å²) in [6.45, 7) is 0. The summed E-state index contributed by atoms with van der Waals surface area (Å²) in [5, 5.41) is 26.1. The summed E-state index contributed by atoms with van der Waals surface area (Å²) >= 11 is 0. The highest BCUT2D eigenvalue weighted by atomic mass is 32.2. The largest absolute Gasteiger partial charge is 0.481 e. The van der Waals surface area contributed by atoms with E-state index in [1.54, 1.807) is 0 Å². The second-order valence-corrected chi connectivity index (χ2v) is 5.93. The smallest absolute Gasteiger partial charge is 0.322 e. The predicted molar refractivity (Wildman–Crippen MR) is 70.6 cm³/mol. The van der Waals surface area contributed by atoms with Gasteiger partial charge in [-0.1, -0.05) is 12.1 Å². The van der Waals surface area contributed by atoms with Gasteiger partial charge in [0.2, 0.25) is 10.0 Å². The zero-order chi connectivity index (χ0) is 16.0. The monoisotopic (exact) mass is 312 g/mol. The van der Waals surface area contributed by atoms with Crippen LogP contribution in [0.2, 0.25) is 0 Å². The normalized spacial score (nSPS) is 12.3. The highest BCUT2D eigenvalue weighted by Crippen LogP contribution is 2.09. The fraction of sp³-hybridized carbons (Fsp3) is 0.250. The summed E-state index contributed by atoms with van der Waals surface area (Å²) in [5.41, 5.74) is 0.559. The Labute approximate surface area is 120 Å². The van der Waals surface area contributed by atoms with Crippen LogP contribution >= 0.6 is 0 Å². The Balaban J connectivity index is 2.87. The lowest BCUT2D eigenvalue weighted by atomic mass is 10.2. The molecular formula is C12H12N2O6S. The van der Waals surface area contributed by atoms with Crippen LogP contribution < -0.4 is 4.72 Å². The van der Waals surface area contributed by atoms with Crippen molar-refractivity contribution < 1.29 is 28.2 Å². The Morgan fingerprint density at radius 1 is 1.33 bits per heavy atom. The second-order valence-electron chi connectivity index (χ2n) is 4.18. The van der Waals surface area contributed by atoms with E-state index in [0.29, 0.717) is 5.56 Å². The fourth-order valence-electron chi connectivity index (χ4n) is 1.56. The summed E-state index contributed by atoms with van der Waals surface area (Å²) in [5.74, 6) is -3.56. The average molecular weight is 312 g/mol. The van der Waals surface area contributed by atoms with Crippen LogP contribution in [0.5, 0.6) is 0 Å². The van der Waals surface area contributed by atoms with Gasteiger partial charge in [0, 0.05) is 0 Å². The van der Waals surface area contributed by atoms with Gasteiger partial charge < -0.3 is 10.2 Å². The first-order valence-corrected chi connectivity index (χ1v) is 7.32. The Morgan fingerprint density at radius 3 is 2.52 bits per heavy atom. The van der Waals surface area contributed by atoms with Gasteiger partial charge in [-0.2, -0.15) is 5.26 Å². The van der Waals surface area contributed by atoms with Crippen molar-refractivity contribution in [1.82, 2.24) is 4.72 Å². The zero-order valence-corrected chi connectivity index (χ0v) is 11.5. The molecule has 9 heteroatoms. The van der Waals surface area contributed by atoms with Gasteiger partial charge in [-0.05, 0) is 17.7 Å². The number of hydrogen-bond donors (Lipinski definition) is 3. The minimum atomic E-state index is -4.05. The zero-order valence-electron chi connectivity index (χ0n) is 10.7. The Kier molecular flexibility index (Phi) is 5.40. The summed E-state index contributed by atoms with van der Waals surface area (Å²) < 4.78 is 25.5. The first kappa shape index (κ1) is 16.6. The van der Waals surface area contributed by atoms with E-state index < -0.39 is 40.2 Å². The third-order valence-electron chi connectivity index (χ3n) is 2.41. The molecule has 0 aliphatic carbocycles. The molecule has 0 heterocycles. The van der Waals surface area contributed by atoms with E-state index in [-0.39, 0.29) is 5.56 Å². The molecule has 0 aromatic heterocycles. The van der Waals surface area contributed by atoms with Crippen LogP contribution in [0, 0.1) is 11.3 Å². The standard InChI is InChI=1S/C12H12N2O6S/c13-6-8-2-1-3-9(4-8)7-21(19,20)14-10(12(17)18)5-11(15)16/h1-4,10,14H,5,7H2,(H,15,16)(H,17,18)/t10-/m0/s1. The maximum Gasteiger partial charge on any atom is 0.322 e. The third kappa shape index (κ3) is 5.60. The van der Waals surface area contributed by atoms with Crippen molar-refractivity contribution in [2.24, 2.45) is 0 Å². The van der Waals surface area contributed by atoms with Gasteiger partial charge in [0.15, 0.2) is 0 Å². The molecule has 1 rings (SSSR count). The number of benzene rings is 1. The summed E-state index contributed by atoms with van der Waals surface area (Å²) in [6.07, 6.45) is -0.868. The SMILES string of the molecule is N#Cc1cccc(CS(=O)(=O)N[C@@H](CC(=O)O)C(=O)O)c1. The van der Waals surface area contributed by atoms with Crippen LogP contribution in [0.1, 0.15) is 17.5 Å². The lowest BCUT2D eigenvalue weighted by molar-refractivity contribution is -0.145. The molecule has 3 N–H and O–H groups in total. The molecule has 0 amide bonds. The van der Waals surface area contributed by atoms with Crippen molar-refractivity contribution in [2.45, 2.75) is 18.2 Å². The topological polar surface area (TPSA) is 145 Å². The lowest BCUT2D eigenvalue weighted by Crippen LogP contribution is -2.42. The molecule has 21 heavy (non-hydrogen) atoms. The van der Waals surface area contributed by atoms with Gasteiger partial charge in [0.1, 0.15) is 6.04 Å². The number of aliphatic carboxylic acids is 2. The summed E-state index contributed by atoms with van der Waals surface area (Å²) in [4.78, 5) is 21.3. The minimum absolute atomic E-state index is 0.267. The molecule has 112 valence electrons. The molecule has 0 aliphatic heterocycles. The number of rotatable bonds is 7. The van der Waals surface area contributed by atoms with E-state index in [9.17, 15) is 18.0 Å². The molecule has 0 fully saturated rings. The first-order valence-electron chi connectivity index (χ1n) is 5.67. The molecule has 1 aromatic carbocycles. The molecular weight excluding hydrogens is 300 g/mol. The van der Waals surface area contributed by atoms with E-state index in [4.69, 9.17) is 15.5 Å². The lowest BCUT2D eigenvalue weighted by Gasteiger charge is -2.13. The molecule has 0 saturated carbocycles. The molecule has 0 bridgehead atoms. The van der Waals surface area contributed by atoms with Crippen LogP contribution in [0.3, 0.4) is 0 Å². The highest BCUT2D eigenvalue weighted by Gasteiger charge is 2.26. The molecule has 0 unspecified atom stereocenters. The molecule has 0 saturated heterocycles.